The third-order valence-corrected chi connectivity index (χ3v) is 2.06. The van der Waals surface area contributed by atoms with Gasteiger partial charge in [0.05, 0.1) is 0 Å². The summed E-state index contributed by atoms with van der Waals surface area (Å²) in [6.45, 7) is 4.10. The van der Waals surface area contributed by atoms with Crippen LogP contribution < -0.4 is 0 Å². The van der Waals surface area contributed by atoms with Gasteiger partial charge in [-0.15, -0.1) is 4.55 Å². The van der Waals surface area contributed by atoms with Gasteiger partial charge < -0.3 is 2.96 Å². The molecule has 0 aliphatic rings. The van der Waals surface area contributed by atoms with Gasteiger partial charge in [-0.05, 0) is 0 Å². The maximum absolute atomic E-state index is 11.4. The van der Waals surface area contributed by atoms with Crippen LogP contribution in [0.3, 0.4) is 0 Å². The molecule has 0 aromatic heterocycles. The zero-order valence-electron chi connectivity index (χ0n) is 4.37. The summed E-state index contributed by atoms with van der Waals surface area (Å²) in [5.41, 5.74) is 0. The Bertz CT molecular complexity index is 28.7. The minimum atomic E-state index is -1.13. The van der Waals surface area contributed by atoms with Crippen molar-refractivity contribution in [3.05, 3.63) is 0 Å². The average Bonchev–Trinajstić information content (AvgIpc) is 1.35. The molecular weight excluding hydrogens is 91.3 g/mol. The normalized spacial score (nSPS) is 8.67. The molecule has 0 bridgehead atoms. The van der Waals surface area contributed by atoms with Crippen LogP contribution in [0.25, 0.3) is 0 Å². The summed E-state index contributed by atoms with van der Waals surface area (Å²) in [6.07, 6.45) is 0. The summed E-state index contributed by atoms with van der Waals surface area (Å²) in [4.78, 5) is 0. The molecule has 0 fully saturated rings. The Morgan fingerprint density at radius 2 is 2.17 bits per heavy atom. The molecule has 0 unspecified atom stereocenters. The fourth-order valence-corrected chi connectivity index (χ4v) is 0.655. The molecule has 0 amide bonds. The van der Waals surface area contributed by atoms with Gasteiger partial charge in [-0.2, -0.15) is 0 Å². The van der Waals surface area contributed by atoms with Crippen molar-refractivity contribution in [3.63, 3.8) is 0 Å². The predicted molar refractivity (Wildman–Crippen MR) is 26.5 cm³/mol. The fourth-order valence-electron chi connectivity index (χ4n) is 0.218. The summed E-state index contributed by atoms with van der Waals surface area (Å²) in [5, 5.41) is 0. The molecule has 0 saturated carbocycles. The van der Waals surface area contributed by atoms with Crippen LogP contribution in [0.1, 0.15) is 13.8 Å². The first-order chi connectivity index (χ1) is 2.77. The highest BCUT2D eigenvalue weighted by Gasteiger charge is 1.95. The van der Waals surface area contributed by atoms with E-state index in [4.69, 9.17) is 0 Å². The van der Waals surface area contributed by atoms with E-state index in [9.17, 15) is 2.96 Å². The lowest BCUT2D eigenvalue weighted by molar-refractivity contribution is 0.702. The average molecular weight is 100 g/mol. The summed E-state index contributed by atoms with van der Waals surface area (Å²) in [7, 11) is 0. The van der Waals surface area contributed by atoms with Crippen LogP contribution in [0.2, 0.25) is 4.55 Å². The van der Waals surface area contributed by atoms with Gasteiger partial charge in [0, 0.05) is 0 Å². The van der Waals surface area contributed by atoms with E-state index >= 15 is 0 Å². The van der Waals surface area contributed by atoms with Crippen molar-refractivity contribution in [2.24, 2.45) is 5.92 Å². The maximum Gasteiger partial charge on any atom is 0.615 e. The molecule has 0 saturated heterocycles. The van der Waals surface area contributed by atoms with Crippen molar-refractivity contribution >= 4 is 20.9 Å². The van der Waals surface area contributed by atoms with Crippen LogP contribution >= 0.6 is 0 Å². The monoisotopic (exact) mass is 100 g/mol. The van der Waals surface area contributed by atoms with E-state index in [1.807, 2.05) is 13.8 Å². The number of halogens is 1. The zero-order valence-corrected chi connectivity index (χ0v) is 5.78. The van der Waals surface area contributed by atoms with E-state index in [0.29, 0.717) is 5.92 Å². The van der Waals surface area contributed by atoms with E-state index in [1.54, 1.807) is 0 Å². The Morgan fingerprint density at radius 3 is 2.17 bits per heavy atom. The molecule has 0 rings (SSSR count). The topological polar surface area (TPSA) is 0 Å². The summed E-state index contributed by atoms with van der Waals surface area (Å²) >= 11 is -1.13. The third kappa shape index (κ3) is 4.70. The third-order valence-electron chi connectivity index (χ3n) is 0.686. The lowest BCUT2D eigenvalue weighted by atomic mass is 10.3. The quantitative estimate of drug-likeness (QED) is 0.463. The lowest BCUT2D eigenvalue weighted by Gasteiger charge is -1.92. The van der Waals surface area contributed by atoms with Gasteiger partial charge in [0.2, 0.25) is 0 Å². The molecule has 0 atom stereocenters. The van der Waals surface area contributed by atoms with Crippen LogP contribution in [0.5, 0.6) is 0 Å². The summed E-state index contributed by atoms with van der Waals surface area (Å²) in [6, 6.07) is 0. The molecule has 0 nitrogen and oxygen atoms in total. The van der Waals surface area contributed by atoms with Gasteiger partial charge in [0.25, 0.3) is 0 Å². The molecule has 6 heavy (non-hydrogen) atoms. The van der Waals surface area contributed by atoms with Gasteiger partial charge >= 0.3 is 20.9 Å². The summed E-state index contributed by atoms with van der Waals surface area (Å²) < 4.78 is 12.2. The van der Waals surface area contributed by atoms with E-state index in [1.165, 1.54) is 0 Å². The number of hydrogen-bond acceptors (Lipinski definition) is 0. The number of hydrogen-bond donors (Lipinski definition) is 0. The molecular formula is C4H9FMg. The van der Waals surface area contributed by atoms with Crippen LogP contribution in [0, 0.1) is 5.92 Å². The van der Waals surface area contributed by atoms with E-state index in [-0.39, 0.29) is 0 Å². The Morgan fingerprint density at radius 1 is 1.67 bits per heavy atom. The molecule has 2 heteroatoms. The molecule has 0 N–H and O–H groups in total. The first-order valence-electron chi connectivity index (χ1n) is 2.33. The highest BCUT2D eigenvalue weighted by Crippen LogP contribution is 1.97. The Balaban J connectivity index is 2.63. The molecule has 0 heterocycles. The van der Waals surface area contributed by atoms with Gasteiger partial charge in [0.15, 0.2) is 0 Å². The first-order valence-corrected chi connectivity index (χ1v) is 3.86. The van der Waals surface area contributed by atoms with Gasteiger partial charge in [-0.1, -0.05) is 19.8 Å². The van der Waals surface area contributed by atoms with Crippen molar-refractivity contribution < 1.29 is 2.96 Å². The predicted octanol–water partition coefficient (Wildman–Crippen LogP) is 1.65. The van der Waals surface area contributed by atoms with E-state index in [0.717, 1.165) is 4.55 Å². The Hall–Kier alpha value is 0.696. The van der Waals surface area contributed by atoms with E-state index < -0.39 is 20.9 Å². The first kappa shape index (κ1) is 6.70. The summed E-state index contributed by atoms with van der Waals surface area (Å²) in [5.74, 6) is 0.585. The second-order valence-corrected chi connectivity index (χ2v) is 2.83. The van der Waals surface area contributed by atoms with Crippen molar-refractivity contribution in [2.45, 2.75) is 18.4 Å². The standard InChI is InChI=1S/C4H9.FH.Mg/c1-4(2)3;;/h4H,1H2,2-3H3;1H;/q;;+1/p-1. The highest BCUT2D eigenvalue weighted by atomic mass is 24.6. The molecule has 0 radical (unpaired) electrons. The Labute approximate surface area is 48.6 Å². The van der Waals surface area contributed by atoms with Crippen molar-refractivity contribution in [1.29, 1.82) is 0 Å². The molecule has 0 aliphatic heterocycles. The van der Waals surface area contributed by atoms with Crippen LogP contribution in [0.4, 0.5) is 2.96 Å². The number of rotatable bonds is 2. The maximum atomic E-state index is 11.4. The molecule has 0 spiro atoms. The van der Waals surface area contributed by atoms with Crippen LogP contribution in [-0.2, 0) is 0 Å². The van der Waals surface area contributed by atoms with Crippen LogP contribution in [0.15, 0.2) is 0 Å². The minimum Gasteiger partial charge on any atom is -0.486 e. The zero-order chi connectivity index (χ0) is 4.99. The van der Waals surface area contributed by atoms with Gasteiger partial charge in [-0.3, -0.25) is 0 Å². The molecule has 0 aliphatic carbocycles. The lowest BCUT2D eigenvalue weighted by Crippen LogP contribution is -1.87. The second-order valence-electron chi connectivity index (χ2n) is 1.87. The SMILES string of the molecule is CC(C)[CH2][Mg][F]. The fraction of sp³-hybridized carbons (Fsp3) is 1.00. The van der Waals surface area contributed by atoms with Crippen LogP contribution in [-0.4, -0.2) is 20.9 Å². The largest absolute Gasteiger partial charge is 0.615 e. The van der Waals surface area contributed by atoms with E-state index in [2.05, 4.69) is 0 Å². The van der Waals surface area contributed by atoms with Crippen molar-refractivity contribution in [2.75, 3.05) is 0 Å². The highest BCUT2D eigenvalue weighted by molar-refractivity contribution is 6.26. The minimum absolute atomic E-state index is 0.585. The molecule has 0 aromatic rings. The van der Waals surface area contributed by atoms with Crippen molar-refractivity contribution in [3.8, 4) is 0 Å². The molecule has 34 valence electrons. The smallest absolute Gasteiger partial charge is 0.486 e. The van der Waals surface area contributed by atoms with Crippen molar-refractivity contribution in [1.82, 2.24) is 0 Å². The Kier molecular flexibility index (Phi) is 4.32. The molecule has 0 aromatic carbocycles. The second kappa shape index (κ2) is 3.87. The van der Waals surface area contributed by atoms with Gasteiger partial charge in [0.1, 0.15) is 0 Å². The van der Waals surface area contributed by atoms with Gasteiger partial charge in [-0.25, -0.2) is 0 Å².